The Morgan fingerprint density at radius 2 is 1.65 bits per heavy atom. The first-order valence-corrected chi connectivity index (χ1v) is 13.4. The number of fused-ring (bicyclic) bond motifs is 1. The van der Waals surface area contributed by atoms with E-state index in [0.717, 1.165) is 21.3 Å². The van der Waals surface area contributed by atoms with Gasteiger partial charge < -0.3 is 9.84 Å². The van der Waals surface area contributed by atoms with Gasteiger partial charge in [-0.3, -0.25) is 14.5 Å². The molecule has 1 unspecified atom stereocenters. The van der Waals surface area contributed by atoms with E-state index in [2.05, 4.69) is 0 Å². The molecule has 6 nitrogen and oxygen atoms in total. The van der Waals surface area contributed by atoms with Gasteiger partial charge in [0.25, 0.3) is 5.78 Å². The number of ether oxygens (including phenoxy) is 1. The lowest BCUT2D eigenvalue weighted by Gasteiger charge is -2.23. The van der Waals surface area contributed by atoms with Crippen molar-refractivity contribution in [2.75, 3.05) is 4.90 Å². The van der Waals surface area contributed by atoms with E-state index in [1.807, 2.05) is 56.3 Å². The molecule has 0 saturated carbocycles. The Balaban J connectivity index is 1.53. The predicted molar refractivity (Wildman–Crippen MR) is 153 cm³/mol. The molecule has 8 heteroatoms. The summed E-state index contributed by atoms with van der Waals surface area (Å²) in [6.45, 7) is 3.93. The minimum absolute atomic E-state index is 0.111. The van der Waals surface area contributed by atoms with E-state index in [4.69, 9.17) is 9.72 Å². The lowest BCUT2D eigenvalue weighted by atomic mass is 9.95. The van der Waals surface area contributed by atoms with Crippen LogP contribution in [0.25, 0.3) is 16.0 Å². The summed E-state index contributed by atoms with van der Waals surface area (Å²) in [4.78, 5) is 33.2. The number of para-hydroxylation sites is 1. The molecule has 1 fully saturated rings. The third-order valence-corrected chi connectivity index (χ3v) is 7.74. The van der Waals surface area contributed by atoms with Gasteiger partial charge in [-0.05, 0) is 85.1 Å². The summed E-state index contributed by atoms with van der Waals surface area (Å²) in [6, 6.07) is 24.4. The number of aliphatic hydroxyl groups excluding tert-OH is 1. The van der Waals surface area contributed by atoms with Crippen LogP contribution >= 0.6 is 11.3 Å². The second kappa shape index (κ2) is 10.1. The fourth-order valence-electron chi connectivity index (χ4n) is 4.94. The number of anilines is 1. The average molecular weight is 551 g/mol. The first-order valence-electron chi connectivity index (χ1n) is 12.6. The topological polar surface area (TPSA) is 79.7 Å². The van der Waals surface area contributed by atoms with Crippen molar-refractivity contribution in [3.8, 4) is 11.5 Å². The average Bonchev–Trinajstić information content (AvgIpc) is 3.48. The number of aromatic nitrogens is 1. The maximum absolute atomic E-state index is 13.6. The Labute approximate surface area is 233 Å². The van der Waals surface area contributed by atoms with Crippen molar-refractivity contribution < 1.29 is 23.8 Å². The molecule has 1 amide bonds. The van der Waals surface area contributed by atoms with Gasteiger partial charge in [0.1, 0.15) is 23.1 Å². The quantitative estimate of drug-likeness (QED) is 0.140. The van der Waals surface area contributed by atoms with Gasteiger partial charge in [0.2, 0.25) is 0 Å². The molecule has 2 heterocycles. The summed E-state index contributed by atoms with van der Waals surface area (Å²) in [6.07, 6.45) is 0. The van der Waals surface area contributed by atoms with E-state index >= 15 is 0 Å². The number of carbonyl (C=O) groups excluding carboxylic acids is 2. The number of Topliss-reactive ketones (excluding diaryl/α,β-unsaturated/α-hetero) is 1. The molecule has 1 aliphatic rings. The van der Waals surface area contributed by atoms with Crippen LogP contribution in [0.5, 0.6) is 11.5 Å². The maximum atomic E-state index is 13.6. The number of ketones is 1. The van der Waals surface area contributed by atoms with Gasteiger partial charge in [0.15, 0.2) is 5.13 Å². The number of hydrogen-bond acceptors (Lipinski definition) is 6. The van der Waals surface area contributed by atoms with Crippen LogP contribution in [0.1, 0.15) is 28.3 Å². The van der Waals surface area contributed by atoms with Gasteiger partial charge in [0, 0.05) is 5.56 Å². The van der Waals surface area contributed by atoms with Gasteiger partial charge in [-0.1, -0.05) is 47.7 Å². The zero-order valence-electron chi connectivity index (χ0n) is 21.6. The molecular formula is C32H23FN2O4S. The van der Waals surface area contributed by atoms with Crippen LogP contribution in [-0.4, -0.2) is 21.8 Å². The van der Waals surface area contributed by atoms with Crippen LogP contribution in [0.2, 0.25) is 0 Å². The second-order valence-corrected chi connectivity index (χ2v) is 10.6. The minimum atomic E-state index is -0.994. The van der Waals surface area contributed by atoms with Crippen LogP contribution in [0, 0.1) is 19.7 Å². The van der Waals surface area contributed by atoms with Gasteiger partial charge >= 0.3 is 5.91 Å². The molecule has 198 valence electrons. The SMILES string of the molecule is Cc1cc(C)c2nc(N3C(=O)C(=O)C(=C(O)c4ccc(F)cc4)C3c3cccc(Oc4ccccc4)c3)sc2c1. The van der Waals surface area contributed by atoms with E-state index in [-0.39, 0.29) is 11.1 Å². The summed E-state index contributed by atoms with van der Waals surface area (Å²) >= 11 is 1.30. The Hall–Kier alpha value is -4.82. The van der Waals surface area contributed by atoms with Crippen molar-refractivity contribution in [1.29, 1.82) is 0 Å². The number of halogens is 1. The number of aliphatic hydroxyl groups is 1. The number of rotatable bonds is 5. The van der Waals surface area contributed by atoms with Crippen LogP contribution in [-0.2, 0) is 9.59 Å². The van der Waals surface area contributed by atoms with Crippen molar-refractivity contribution in [3.05, 3.63) is 125 Å². The van der Waals surface area contributed by atoms with E-state index in [9.17, 15) is 19.1 Å². The summed E-state index contributed by atoms with van der Waals surface area (Å²) in [5.74, 6) is -1.43. The van der Waals surface area contributed by atoms with Crippen molar-refractivity contribution in [2.45, 2.75) is 19.9 Å². The van der Waals surface area contributed by atoms with E-state index in [1.54, 1.807) is 24.3 Å². The molecule has 1 aliphatic heterocycles. The number of nitrogens with zero attached hydrogens (tertiary/aromatic N) is 2. The molecule has 5 aromatic rings. The highest BCUT2D eigenvalue weighted by Gasteiger charge is 2.48. The second-order valence-electron chi connectivity index (χ2n) is 9.59. The van der Waals surface area contributed by atoms with Gasteiger partial charge in [-0.25, -0.2) is 9.37 Å². The van der Waals surface area contributed by atoms with Crippen LogP contribution < -0.4 is 9.64 Å². The summed E-state index contributed by atoms with van der Waals surface area (Å²) in [5, 5.41) is 11.7. The highest BCUT2D eigenvalue weighted by atomic mass is 32.1. The highest BCUT2D eigenvalue weighted by Crippen LogP contribution is 2.45. The van der Waals surface area contributed by atoms with E-state index in [1.165, 1.54) is 40.5 Å². The van der Waals surface area contributed by atoms with Crippen molar-refractivity contribution in [3.63, 3.8) is 0 Å². The number of thiazole rings is 1. The third kappa shape index (κ3) is 4.52. The number of hydrogen-bond donors (Lipinski definition) is 1. The lowest BCUT2D eigenvalue weighted by Crippen LogP contribution is -2.29. The van der Waals surface area contributed by atoms with E-state index in [0.29, 0.717) is 22.2 Å². The minimum Gasteiger partial charge on any atom is -0.507 e. The highest BCUT2D eigenvalue weighted by molar-refractivity contribution is 7.22. The summed E-state index contributed by atoms with van der Waals surface area (Å²) < 4.78 is 20.5. The summed E-state index contributed by atoms with van der Waals surface area (Å²) in [5.41, 5.74) is 3.41. The number of benzene rings is 4. The predicted octanol–water partition coefficient (Wildman–Crippen LogP) is 7.47. The van der Waals surface area contributed by atoms with Crippen LogP contribution in [0.15, 0.2) is 96.6 Å². The Morgan fingerprint density at radius 1 is 0.925 bits per heavy atom. The third-order valence-electron chi connectivity index (χ3n) is 6.74. The summed E-state index contributed by atoms with van der Waals surface area (Å²) in [7, 11) is 0. The Morgan fingerprint density at radius 3 is 2.40 bits per heavy atom. The monoisotopic (exact) mass is 550 g/mol. The molecule has 0 spiro atoms. The molecule has 1 aromatic heterocycles. The number of aryl methyl sites for hydroxylation is 2. The first-order chi connectivity index (χ1) is 19.3. The molecule has 0 radical (unpaired) electrons. The molecule has 6 rings (SSSR count). The van der Waals surface area contributed by atoms with Gasteiger partial charge in [-0.2, -0.15) is 0 Å². The fourth-order valence-corrected chi connectivity index (χ4v) is 6.11. The normalized spacial score (nSPS) is 16.6. The Bertz CT molecular complexity index is 1810. The molecule has 1 saturated heterocycles. The van der Waals surface area contributed by atoms with Crippen LogP contribution in [0.3, 0.4) is 0 Å². The standard InChI is InChI=1S/C32H23FN2O4S/c1-18-15-19(2)27-25(16-18)40-32(34-27)35-28(21-7-6-10-24(17-21)39-23-8-4-3-5-9-23)26(30(37)31(35)38)29(36)20-11-13-22(33)14-12-20/h3-17,28,36H,1-2H3. The lowest BCUT2D eigenvalue weighted by molar-refractivity contribution is -0.132. The molecule has 1 atom stereocenters. The van der Waals surface area contributed by atoms with Crippen molar-refractivity contribution in [2.24, 2.45) is 0 Å². The zero-order chi connectivity index (χ0) is 28.0. The molecule has 0 bridgehead atoms. The largest absolute Gasteiger partial charge is 0.507 e. The molecular weight excluding hydrogens is 527 g/mol. The number of amides is 1. The smallest absolute Gasteiger partial charge is 0.301 e. The fraction of sp³-hybridized carbons (Fsp3) is 0.0938. The first kappa shape index (κ1) is 25.5. The van der Waals surface area contributed by atoms with E-state index < -0.39 is 29.3 Å². The van der Waals surface area contributed by atoms with Crippen molar-refractivity contribution >= 4 is 44.1 Å². The number of carbonyl (C=O) groups is 2. The molecule has 4 aromatic carbocycles. The Kier molecular flexibility index (Phi) is 6.40. The maximum Gasteiger partial charge on any atom is 0.301 e. The van der Waals surface area contributed by atoms with Gasteiger partial charge in [-0.15, -0.1) is 0 Å². The molecule has 40 heavy (non-hydrogen) atoms. The van der Waals surface area contributed by atoms with Gasteiger partial charge in [0.05, 0.1) is 21.8 Å². The van der Waals surface area contributed by atoms with Crippen LogP contribution in [0.4, 0.5) is 9.52 Å². The van der Waals surface area contributed by atoms with Crippen molar-refractivity contribution in [1.82, 2.24) is 4.98 Å². The zero-order valence-corrected chi connectivity index (χ0v) is 22.4. The molecule has 1 N–H and O–H groups in total. The molecule has 0 aliphatic carbocycles.